The van der Waals surface area contributed by atoms with Crippen molar-refractivity contribution in [1.82, 2.24) is 25.2 Å². The number of carbonyl (C=O) groups is 4. The van der Waals surface area contributed by atoms with Gasteiger partial charge in [0.1, 0.15) is 29.5 Å². The van der Waals surface area contributed by atoms with Gasteiger partial charge in [-0.25, -0.2) is 22.6 Å². The van der Waals surface area contributed by atoms with E-state index in [0.717, 1.165) is 0 Å². The number of carbonyl (C=O) groups excluding carboxylic acids is 4. The smallest absolute Gasteiger partial charge is 0.427 e. The molecule has 1 unspecified atom stereocenters. The van der Waals surface area contributed by atoms with E-state index in [1.54, 1.807) is 19.1 Å². The molecule has 0 radical (unpaired) electrons. The molecule has 312 valence electrons. The number of fused-ring (bicyclic) bond motifs is 3. The number of hydrogen-bond acceptors (Lipinski definition) is 9. The summed E-state index contributed by atoms with van der Waals surface area (Å²) in [6.07, 6.45) is 0.204. The Morgan fingerprint density at radius 1 is 1.12 bits per heavy atom. The SMILES string of the molecule is CC[C@@H]1C[C@H](C)CC/C=C\C2C[C@@]2(C(=O)NS(=O)(=O)C2(C)CC2)NC(=O)[C@@H]2C[C@@H](Oc3nccc4cc(F)ccc34)CN2C(=O)[C@H]1NC(=O)OC(C)(C)C(F)(F)F. The standard InChI is InChI=1S/C39H49F4N5O8S/c1-6-23-17-22(2)9-7-8-10-25-20-38(25,34(51)47-57(53,54)37(5)14-15-37)46-31(49)29-19-27(55-32-28-12-11-26(40)18-24(28)13-16-44-32)21-48(29)33(50)30(23)45-35(52)56-36(3,4)39(41,42)43/h8,10-13,16,18,22-23,25,27,29-30H,6-7,9,14-15,17,19-21H2,1-5H3,(H,45,52)(H,46,49)(H,47,51)/b10-8-/t22-,23-,25?,27-,29+,30+,38-/m1/s1. The van der Waals surface area contributed by atoms with Gasteiger partial charge in [-0.05, 0) is 101 Å². The summed E-state index contributed by atoms with van der Waals surface area (Å²) < 4.78 is 93.8. The van der Waals surface area contributed by atoms with Crippen molar-refractivity contribution in [2.45, 2.75) is 126 Å². The molecule has 2 saturated carbocycles. The van der Waals surface area contributed by atoms with Gasteiger partial charge >= 0.3 is 12.3 Å². The molecule has 1 aromatic carbocycles. The second kappa shape index (κ2) is 15.4. The summed E-state index contributed by atoms with van der Waals surface area (Å²) in [6, 6.07) is 2.76. The van der Waals surface area contributed by atoms with Crippen LogP contribution in [0.2, 0.25) is 0 Å². The van der Waals surface area contributed by atoms with Crippen molar-refractivity contribution in [2.75, 3.05) is 6.54 Å². The zero-order valence-electron chi connectivity index (χ0n) is 32.5. The minimum atomic E-state index is -4.93. The normalized spacial score (nSPS) is 29.8. The molecule has 57 heavy (non-hydrogen) atoms. The molecule has 3 fully saturated rings. The average Bonchev–Trinajstić information content (AvgIpc) is 4.00. The molecule has 4 amide bonds. The third-order valence-corrected chi connectivity index (χ3v) is 14.0. The fraction of sp³-hybridized carbons (Fsp3) is 0.615. The number of allylic oxidation sites excluding steroid dienone is 1. The second-order valence-electron chi connectivity index (χ2n) is 16.7. The predicted molar refractivity (Wildman–Crippen MR) is 199 cm³/mol. The number of alkyl carbamates (subject to hydrolysis) is 1. The Hall–Kier alpha value is -4.48. The fourth-order valence-corrected chi connectivity index (χ4v) is 8.95. The van der Waals surface area contributed by atoms with E-state index in [9.17, 15) is 45.2 Å². The van der Waals surface area contributed by atoms with Gasteiger partial charge in [-0.1, -0.05) is 32.4 Å². The lowest BCUT2D eigenvalue weighted by Crippen LogP contribution is -2.60. The van der Waals surface area contributed by atoms with Crippen molar-refractivity contribution < 1.29 is 54.6 Å². The summed E-state index contributed by atoms with van der Waals surface area (Å²) in [6.45, 7) is 6.36. The number of ether oxygens (including phenoxy) is 2. The van der Waals surface area contributed by atoms with Crippen LogP contribution >= 0.6 is 0 Å². The highest BCUT2D eigenvalue weighted by atomic mass is 32.2. The first-order valence-electron chi connectivity index (χ1n) is 19.2. The predicted octanol–water partition coefficient (Wildman–Crippen LogP) is 5.43. The first kappa shape index (κ1) is 42.1. The third kappa shape index (κ3) is 8.70. The number of rotatable bonds is 8. The Bertz CT molecular complexity index is 2060. The summed E-state index contributed by atoms with van der Waals surface area (Å²) in [5.74, 6) is -4.14. The molecule has 7 atom stereocenters. The molecular formula is C39H49F4N5O8S. The van der Waals surface area contributed by atoms with Crippen LogP contribution in [-0.4, -0.2) is 88.9 Å². The number of alkyl halides is 3. The molecule has 2 aromatic rings. The number of sulfonamides is 1. The summed E-state index contributed by atoms with van der Waals surface area (Å²) in [5.41, 5.74) is -4.56. The van der Waals surface area contributed by atoms with Crippen LogP contribution in [-0.2, 0) is 29.1 Å². The van der Waals surface area contributed by atoms with E-state index in [1.807, 2.05) is 13.0 Å². The first-order chi connectivity index (χ1) is 26.6. The van der Waals surface area contributed by atoms with E-state index in [-0.39, 0.29) is 31.2 Å². The molecule has 13 nitrogen and oxygen atoms in total. The van der Waals surface area contributed by atoms with Crippen LogP contribution in [0.5, 0.6) is 5.88 Å². The number of nitrogens with zero attached hydrogens (tertiary/aromatic N) is 2. The zero-order valence-corrected chi connectivity index (χ0v) is 33.3. The van der Waals surface area contributed by atoms with Gasteiger partial charge in [0.15, 0.2) is 0 Å². The Morgan fingerprint density at radius 3 is 2.51 bits per heavy atom. The molecule has 1 aromatic heterocycles. The number of aromatic nitrogens is 1. The van der Waals surface area contributed by atoms with Gasteiger partial charge in [0, 0.05) is 23.9 Å². The summed E-state index contributed by atoms with van der Waals surface area (Å²) >= 11 is 0. The molecule has 3 heterocycles. The first-order valence-corrected chi connectivity index (χ1v) is 20.7. The Kier molecular flexibility index (Phi) is 11.4. The topological polar surface area (TPSA) is 173 Å². The van der Waals surface area contributed by atoms with E-state index >= 15 is 0 Å². The average molecular weight is 824 g/mol. The maximum atomic E-state index is 14.8. The summed E-state index contributed by atoms with van der Waals surface area (Å²) in [5, 5.41) is 6.09. The van der Waals surface area contributed by atoms with Crippen LogP contribution in [0.1, 0.15) is 86.0 Å². The van der Waals surface area contributed by atoms with E-state index in [4.69, 9.17) is 9.47 Å². The molecule has 2 aliphatic carbocycles. The van der Waals surface area contributed by atoms with Crippen LogP contribution in [0, 0.1) is 23.6 Å². The van der Waals surface area contributed by atoms with Crippen molar-refractivity contribution >= 4 is 44.6 Å². The number of pyridine rings is 1. The zero-order chi connectivity index (χ0) is 41.7. The molecule has 2 aliphatic heterocycles. The van der Waals surface area contributed by atoms with Crippen molar-refractivity contribution in [3.63, 3.8) is 0 Å². The molecule has 0 spiro atoms. The lowest BCUT2D eigenvalue weighted by molar-refractivity contribution is -0.244. The molecular weight excluding hydrogens is 775 g/mol. The van der Waals surface area contributed by atoms with Gasteiger partial charge in [-0.3, -0.25) is 19.1 Å². The van der Waals surface area contributed by atoms with Gasteiger partial charge in [-0.15, -0.1) is 0 Å². The fourth-order valence-electron chi connectivity index (χ4n) is 7.63. The number of benzene rings is 1. The number of amides is 4. The van der Waals surface area contributed by atoms with Crippen LogP contribution < -0.4 is 20.1 Å². The number of halogens is 4. The minimum Gasteiger partial charge on any atom is -0.472 e. The van der Waals surface area contributed by atoms with E-state index in [0.29, 0.717) is 63.1 Å². The van der Waals surface area contributed by atoms with Crippen molar-refractivity contribution in [3.05, 3.63) is 48.4 Å². The monoisotopic (exact) mass is 823 g/mol. The van der Waals surface area contributed by atoms with Crippen molar-refractivity contribution in [1.29, 1.82) is 0 Å². The second-order valence-corrected chi connectivity index (χ2v) is 18.9. The number of hydrogen-bond donors (Lipinski definition) is 3. The van der Waals surface area contributed by atoms with Crippen molar-refractivity contribution in [3.8, 4) is 5.88 Å². The summed E-state index contributed by atoms with van der Waals surface area (Å²) in [7, 11) is -4.09. The van der Waals surface area contributed by atoms with E-state index in [2.05, 4.69) is 20.3 Å². The van der Waals surface area contributed by atoms with Gasteiger partial charge in [0.2, 0.25) is 33.3 Å². The highest BCUT2D eigenvalue weighted by Gasteiger charge is 2.63. The van der Waals surface area contributed by atoms with Gasteiger partial charge < -0.3 is 25.0 Å². The van der Waals surface area contributed by atoms with Crippen molar-refractivity contribution in [2.24, 2.45) is 17.8 Å². The van der Waals surface area contributed by atoms with E-state index in [1.165, 1.54) is 36.2 Å². The third-order valence-electron chi connectivity index (χ3n) is 11.9. The van der Waals surface area contributed by atoms with Crippen LogP contribution in [0.15, 0.2) is 42.6 Å². The molecule has 18 heteroatoms. The lowest BCUT2D eigenvalue weighted by Gasteiger charge is -2.35. The minimum absolute atomic E-state index is 0.0476. The Morgan fingerprint density at radius 2 is 1.84 bits per heavy atom. The molecule has 1 saturated heterocycles. The molecule has 3 N–H and O–H groups in total. The highest BCUT2D eigenvalue weighted by Crippen LogP contribution is 2.48. The Balaban J connectivity index is 1.36. The largest absolute Gasteiger partial charge is 0.472 e. The van der Waals surface area contributed by atoms with Gasteiger partial charge in [-0.2, -0.15) is 13.2 Å². The quantitative estimate of drug-likeness (QED) is 0.232. The maximum absolute atomic E-state index is 14.8. The highest BCUT2D eigenvalue weighted by molar-refractivity contribution is 7.91. The molecule has 0 bridgehead atoms. The lowest BCUT2D eigenvalue weighted by atomic mass is 9.85. The van der Waals surface area contributed by atoms with Crippen LogP contribution in [0.25, 0.3) is 10.8 Å². The summed E-state index contributed by atoms with van der Waals surface area (Å²) in [4.78, 5) is 61.8. The number of nitrogens with one attached hydrogen (secondary N) is 3. The molecule has 6 rings (SSSR count). The van der Waals surface area contributed by atoms with E-state index < -0.39 is 91.7 Å². The van der Waals surface area contributed by atoms with Crippen LogP contribution in [0.4, 0.5) is 22.4 Å². The maximum Gasteiger partial charge on any atom is 0.427 e. The van der Waals surface area contributed by atoms with Crippen LogP contribution in [0.3, 0.4) is 0 Å². The van der Waals surface area contributed by atoms with Gasteiger partial charge in [0.25, 0.3) is 5.91 Å². The Labute approximate surface area is 328 Å². The van der Waals surface area contributed by atoms with Gasteiger partial charge in [0.05, 0.1) is 11.3 Å². The molecule has 4 aliphatic rings.